The summed E-state index contributed by atoms with van der Waals surface area (Å²) < 4.78 is 5.17. The minimum absolute atomic E-state index is 0.491. The van der Waals surface area contributed by atoms with Crippen LogP contribution < -0.4 is 5.32 Å². The third-order valence-electron chi connectivity index (χ3n) is 2.42. The van der Waals surface area contributed by atoms with E-state index in [-0.39, 0.29) is 0 Å². The summed E-state index contributed by atoms with van der Waals surface area (Å²) in [4.78, 5) is 4.30. The quantitative estimate of drug-likeness (QED) is 0.912. The monoisotopic (exact) mass is 299 g/mol. The lowest BCUT2D eigenvalue weighted by molar-refractivity contribution is 0.364. The van der Waals surface area contributed by atoms with Gasteiger partial charge in [0.1, 0.15) is 0 Å². The van der Waals surface area contributed by atoms with Crippen LogP contribution in [0.4, 0.5) is 0 Å². The van der Waals surface area contributed by atoms with Crippen LogP contribution in [0.25, 0.3) is 11.4 Å². The molecule has 1 aromatic carbocycles. The Labute approximate surface area is 122 Å². The molecule has 4 nitrogen and oxygen atoms in total. The second-order valence-electron chi connectivity index (χ2n) is 4.69. The highest BCUT2D eigenvalue weighted by Gasteiger charge is 2.10. The molecule has 0 atom stereocenters. The van der Waals surface area contributed by atoms with Gasteiger partial charge in [0, 0.05) is 15.6 Å². The molecule has 0 fully saturated rings. The van der Waals surface area contributed by atoms with Gasteiger partial charge in [0.05, 0.1) is 6.54 Å². The van der Waals surface area contributed by atoms with Crippen molar-refractivity contribution in [2.24, 2.45) is 5.92 Å². The SMILES string of the molecule is CC(C)CNCc1nc(-c2cc(Cl)cc(Cl)c2)no1. The van der Waals surface area contributed by atoms with Crippen LogP contribution in [0.15, 0.2) is 22.7 Å². The third-order valence-corrected chi connectivity index (χ3v) is 2.85. The van der Waals surface area contributed by atoms with Crippen LogP contribution in [-0.4, -0.2) is 16.7 Å². The van der Waals surface area contributed by atoms with Gasteiger partial charge < -0.3 is 9.84 Å². The lowest BCUT2D eigenvalue weighted by atomic mass is 10.2. The van der Waals surface area contributed by atoms with E-state index < -0.39 is 0 Å². The topological polar surface area (TPSA) is 51.0 Å². The molecule has 0 aliphatic carbocycles. The summed E-state index contributed by atoms with van der Waals surface area (Å²) in [6.45, 7) is 5.74. The van der Waals surface area contributed by atoms with Crippen molar-refractivity contribution < 1.29 is 4.52 Å². The number of halogens is 2. The summed E-state index contributed by atoms with van der Waals surface area (Å²) >= 11 is 11.9. The van der Waals surface area contributed by atoms with E-state index in [1.165, 1.54) is 0 Å². The molecule has 2 aromatic rings. The molecule has 0 aliphatic rings. The minimum Gasteiger partial charge on any atom is -0.338 e. The van der Waals surface area contributed by atoms with Crippen LogP contribution in [0.1, 0.15) is 19.7 Å². The van der Waals surface area contributed by atoms with Gasteiger partial charge in [-0.2, -0.15) is 4.98 Å². The number of rotatable bonds is 5. The summed E-state index contributed by atoms with van der Waals surface area (Å²) in [5.74, 6) is 1.62. The van der Waals surface area contributed by atoms with Gasteiger partial charge in [-0.25, -0.2) is 0 Å². The average Bonchev–Trinajstić information content (AvgIpc) is 2.76. The highest BCUT2D eigenvalue weighted by atomic mass is 35.5. The van der Waals surface area contributed by atoms with E-state index in [9.17, 15) is 0 Å². The van der Waals surface area contributed by atoms with Crippen LogP contribution in [0.2, 0.25) is 10.0 Å². The van der Waals surface area contributed by atoms with Gasteiger partial charge >= 0.3 is 0 Å². The smallest absolute Gasteiger partial charge is 0.240 e. The summed E-state index contributed by atoms with van der Waals surface area (Å²) in [5.41, 5.74) is 0.747. The Balaban J connectivity index is 2.07. The van der Waals surface area contributed by atoms with Crippen molar-refractivity contribution in [2.45, 2.75) is 20.4 Å². The van der Waals surface area contributed by atoms with E-state index in [2.05, 4.69) is 29.3 Å². The third kappa shape index (κ3) is 4.20. The normalized spacial score (nSPS) is 11.2. The molecule has 0 bridgehead atoms. The second kappa shape index (κ2) is 6.37. The Bertz CT molecular complexity index is 534. The summed E-state index contributed by atoms with van der Waals surface area (Å²) in [6.07, 6.45) is 0. The summed E-state index contributed by atoms with van der Waals surface area (Å²) in [6, 6.07) is 5.17. The van der Waals surface area contributed by atoms with Crippen molar-refractivity contribution >= 4 is 23.2 Å². The minimum atomic E-state index is 0.491. The first-order valence-corrected chi connectivity index (χ1v) is 6.80. The number of nitrogens with zero attached hydrogens (tertiary/aromatic N) is 2. The average molecular weight is 300 g/mol. The van der Waals surface area contributed by atoms with Crippen LogP contribution in [0, 0.1) is 5.92 Å². The van der Waals surface area contributed by atoms with Gasteiger partial charge in [-0.15, -0.1) is 0 Å². The summed E-state index contributed by atoms with van der Waals surface area (Å²) in [7, 11) is 0. The van der Waals surface area contributed by atoms with Crippen molar-refractivity contribution in [3.63, 3.8) is 0 Å². The molecule has 0 saturated carbocycles. The van der Waals surface area contributed by atoms with Gasteiger partial charge in [0.25, 0.3) is 0 Å². The van der Waals surface area contributed by atoms with E-state index in [4.69, 9.17) is 27.7 Å². The van der Waals surface area contributed by atoms with Gasteiger partial charge in [-0.1, -0.05) is 42.2 Å². The zero-order valence-corrected chi connectivity index (χ0v) is 12.3. The lowest BCUT2D eigenvalue weighted by Gasteiger charge is -2.03. The van der Waals surface area contributed by atoms with Crippen LogP contribution in [0.3, 0.4) is 0 Å². The Morgan fingerprint density at radius 2 is 1.89 bits per heavy atom. The zero-order valence-electron chi connectivity index (χ0n) is 10.8. The second-order valence-corrected chi connectivity index (χ2v) is 5.57. The molecule has 0 radical (unpaired) electrons. The molecule has 6 heteroatoms. The maximum atomic E-state index is 5.94. The van der Waals surface area contributed by atoms with Crippen molar-refractivity contribution in [3.05, 3.63) is 34.1 Å². The van der Waals surface area contributed by atoms with Crippen molar-refractivity contribution in [1.29, 1.82) is 0 Å². The highest BCUT2D eigenvalue weighted by molar-refractivity contribution is 6.35. The zero-order chi connectivity index (χ0) is 13.8. The van der Waals surface area contributed by atoms with Gasteiger partial charge in [0.2, 0.25) is 11.7 Å². The predicted octanol–water partition coefficient (Wildman–Crippen LogP) is 3.79. The number of hydrogen-bond donors (Lipinski definition) is 1. The van der Waals surface area contributed by atoms with E-state index in [0.29, 0.717) is 34.2 Å². The first-order valence-electron chi connectivity index (χ1n) is 6.04. The molecule has 19 heavy (non-hydrogen) atoms. The van der Waals surface area contributed by atoms with Crippen molar-refractivity contribution in [3.8, 4) is 11.4 Å². The molecule has 1 N–H and O–H groups in total. The maximum absolute atomic E-state index is 5.94. The number of aromatic nitrogens is 2. The molecule has 2 rings (SSSR count). The predicted molar refractivity (Wildman–Crippen MR) is 76.3 cm³/mol. The number of nitrogens with one attached hydrogen (secondary N) is 1. The molecule has 102 valence electrons. The highest BCUT2D eigenvalue weighted by Crippen LogP contribution is 2.25. The fraction of sp³-hybridized carbons (Fsp3) is 0.385. The Hall–Kier alpha value is -1.10. The van der Waals surface area contributed by atoms with Gasteiger partial charge in [-0.05, 0) is 30.7 Å². The lowest BCUT2D eigenvalue weighted by Crippen LogP contribution is -2.19. The molecule has 0 spiro atoms. The number of hydrogen-bond acceptors (Lipinski definition) is 4. The molecule has 1 heterocycles. The molecular formula is C13H15Cl2N3O. The first kappa shape index (κ1) is 14.3. The summed E-state index contributed by atoms with van der Waals surface area (Å²) in [5, 5.41) is 8.26. The number of benzene rings is 1. The van der Waals surface area contributed by atoms with Crippen molar-refractivity contribution in [2.75, 3.05) is 6.54 Å². The van der Waals surface area contributed by atoms with Crippen molar-refractivity contribution in [1.82, 2.24) is 15.5 Å². The molecular weight excluding hydrogens is 285 g/mol. The van der Waals surface area contributed by atoms with E-state index in [1.807, 2.05) is 0 Å². The fourth-order valence-electron chi connectivity index (χ4n) is 1.59. The Kier molecular flexibility index (Phi) is 4.80. The first-order chi connectivity index (χ1) is 9.04. The van der Waals surface area contributed by atoms with E-state index in [1.54, 1.807) is 18.2 Å². The van der Waals surface area contributed by atoms with Gasteiger partial charge in [-0.3, -0.25) is 0 Å². The molecule has 0 amide bonds. The largest absolute Gasteiger partial charge is 0.338 e. The standard InChI is InChI=1S/C13H15Cl2N3O/c1-8(2)6-16-7-12-17-13(18-19-12)9-3-10(14)5-11(15)4-9/h3-5,8,16H,6-7H2,1-2H3. The Morgan fingerprint density at radius 1 is 1.21 bits per heavy atom. The van der Waals surface area contributed by atoms with E-state index in [0.717, 1.165) is 12.1 Å². The van der Waals surface area contributed by atoms with Crippen LogP contribution >= 0.6 is 23.2 Å². The Morgan fingerprint density at radius 3 is 2.53 bits per heavy atom. The molecule has 1 aromatic heterocycles. The van der Waals surface area contributed by atoms with Crippen LogP contribution in [0.5, 0.6) is 0 Å². The van der Waals surface area contributed by atoms with E-state index >= 15 is 0 Å². The maximum Gasteiger partial charge on any atom is 0.240 e. The molecule has 0 unspecified atom stereocenters. The molecule has 0 saturated heterocycles. The van der Waals surface area contributed by atoms with Crippen LogP contribution in [-0.2, 0) is 6.54 Å². The molecule has 0 aliphatic heterocycles. The van der Waals surface area contributed by atoms with Gasteiger partial charge in [0.15, 0.2) is 0 Å². The fourth-order valence-corrected chi connectivity index (χ4v) is 2.12.